The van der Waals surface area contributed by atoms with E-state index in [2.05, 4.69) is 10.3 Å². The SMILES string of the molecule is CC(=O)NC(CC(=O)N1CCCN(c2ccc(C(F)(F)F)cn2)CC1)c1cccs1. The quantitative estimate of drug-likeness (QED) is 0.773. The number of aromatic nitrogens is 1. The van der Waals surface area contributed by atoms with Crippen LogP contribution < -0.4 is 10.2 Å². The number of alkyl halides is 3. The molecule has 1 saturated heterocycles. The highest BCUT2D eigenvalue weighted by Gasteiger charge is 2.31. The van der Waals surface area contributed by atoms with Gasteiger partial charge in [-0.25, -0.2) is 4.98 Å². The summed E-state index contributed by atoms with van der Waals surface area (Å²) in [4.78, 5) is 32.9. The summed E-state index contributed by atoms with van der Waals surface area (Å²) in [5, 5.41) is 4.73. The maximum absolute atomic E-state index is 12.9. The summed E-state index contributed by atoms with van der Waals surface area (Å²) in [5.74, 6) is 0.202. The predicted octanol–water partition coefficient (Wildman–Crippen LogP) is 3.47. The average Bonchev–Trinajstić information content (AvgIpc) is 3.11. The molecule has 0 radical (unpaired) electrons. The number of hydrogen-bond acceptors (Lipinski definition) is 5. The molecule has 2 aromatic rings. The van der Waals surface area contributed by atoms with Gasteiger partial charge in [-0.3, -0.25) is 9.59 Å². The smallest absolute Gasteiger partial charge is 0.355 e. The lowest BCUT2D eigenvalue weighted by molar-refractivity contribution is -0.138. The first-order valence-corrected chi connectivity index (χ1v) is 10.5. The zero-order valence-electron chi connectivity index (χ0n) is 16.5. The summed E-state index contributed by atoms with van der Waals surface area (Å²) in [5.41, 5.74) is -0.782. The molecule has 0 aliphatic carbocycles. The van der Waals surface area contributed by atoms with Crippen LogP contribution in [0.1, 0.15) is 36.2 Å². The molecular formula is C20H23F3N4O2S. The molecule has 30 heavy (non-hydrogen) atoms. The largest absolute Gasteiger partial charge is 0.417 e. The van der Waals surface area contributed by atoms with Crippen LogP contribution in [0.2, 0.25) is 0 Å². The Hall–Kier alpha value is -2.62. The van der Waals surface area contributed by atoms with Gasteiger partial charge in [-0.15, -0.1) is 11.3 Å². The van der Waals surface area contributed by atoms with Crippen molar-refractivity contribution < 1.29 is 22.8 Å². The van der Waals surface area contributed by atoms with Crippen molar-refractivity contribution in [3.05, 3.63) is 46.3 Å². The Morgan fingerprint density at radius 2 is 2.00 bits per heavy atom. The van der Waals surface area contributed by atoms with E-state index in [-0.39, 0.29) is 24.3 Å². The lowest BCUT2D eigenvalue weighted by atomic mass is 10.1. The number of nitrogens with one attached hydrogen (secondary N) is 1. The minimum Gasteiger partial charge on any atom is -0.355 e. The van der Waals surface area contributed by atoms with Crippen LogP contribution in [-0.2, 0) is 15.8 Å². The second-order valence-corrected chi connectivity index (χ2v) is 8.08. The Kier molecular flexibility index (Phi) is 6.96. The Morgan fingerprint density at radius 1 is 1.20 bits per heavy atom. The molecule has 1 aliphatic heterocycles. The van der Waals surface area contributed by atoms with Crippen molar-refractivity contribution in [2.24, 2.45) is 0 Å². The van der Waals surface area contributed by atoms with Crippen molar-refractivity contribution in [1.29, 1.82) is 0 Å². The Bertz CT molecular complexity index is 856. The van der Waals surface area contributed by atoms with Gasteiger partial charge < -0.3 is 15.1 Å². The van der Waals surface area contributed by atoms with Crippen molar-refractivity contribution in [3.8, 4) is 0 Å². The Labute approximate surface area is 176 Å². The molecule has 1 fully saturated rings. The monoisotopic (exact) mass is 440 g/mol. The van der Waals surface area contributed by atoms with Gasteiger partial charge in [0.15, 0.2) is 0 Å². The second-order valence-electron chi connectivity index (χ2n) is 7.10. The van der Waals surface area contributed by atoms with Gasteiger partial charge in [0.05, 0.1) is 18.0 Å². The van der Waals surface area contributed by atoms with E-state index in [9.17, 15) is 22.8 Å². The Morgan fingerprint density at radius 3 is 2.60 bits per heavy atom. The van der Waals surface area contributed by atoms with Crippen LogP contribution in [0.4, 0.5) is 19.0 Å². The van der Waals surface area contributed by atoms with Gasteiger partial charge >= 0.3 is 6.18 Å². The number of pyridine rings is 1. The van der Waals surface area contributed by atoms with E-state index in [0.717, 1.165) is 17.1 Å². The molecule has 3 rings (SSSR count). The summed E-state index contributed by atoms with van der Waals surface area (Å²) in [6.45, 7) is 3.49. The van der Waals surface area contributed by atoms with E-state index in [4.69, 9.17) is 0 Å². The van der Waals surface area contributed by atoms with Crippen molar-refractivity contribution in [1.82, 2.24) is 15.2 Å². The highest BCUT2D eigenvalue weighted by atomic mass is 32.1. The Balaban J connectivity index is 1.61. The zero-order chi connectivity index (χ0) is 21.7. The summed E-state index contributed by atoms with van der Waals surface area (Å²) in [6, 6.07) is 5.78. The van der Waals surface area contributed by atoms with Crippen LogP contribution >= 0.6 is 11.3 Å². The topological polar surface area (TPSA) is 65.5 Å². The molecule has 1 N–H and O–H groups in total. The number of amides is 2. The van der Waals surface area contributed by atoms with Crippen LogP contribution in [0.5, 0.6) is 0 Å². The third kappa shape index (κ3) is 5.71. The molecule has 0 bridgehead atoms. The van der Waals surface area contributed by atoms with Gasteiger partial charge in [-0.2, -0.15) is 13.2 Å². The lowest BCUT2D eigenvalue weighted by Gasteiger charge is -2.25. The van der Waals surface area contributed by atoms with Gasteiger partial charge in [-0.05, 0) is 30.0 Å². The van der Waals surface area contributed by atoms with Gasteiger partial charge in [0, 0.05) is 44.2 Å². The van der Waals surface area contributed by atoms with Crippen molar-refractivity contribution in [3.63, 3.8) is 0 Å². The zero-order valence-corrected chi connectivity index (χ0v) is 17.3. The van der Waals surface area contributed by atoms with Gasteiger partial charge in [0.1, 0.15) is 5.82 Å². The fraction of sp³-hybridized carbons (Fsp3) is 0.450. The molecule has 2 aromatic heterocycles. The maximum atomic E-state index is 12.9. The fourth-order valence-corrected chi connectivity index (χ4v) is 4.18. The van der Waals surface area contributed by atoms with Crippen LogP contribution in [0.3, 0.4) is 0 Å². The molecule has 0 saturated carbocycles. The van der Waals surface area contributed by atoms with Crippen LogP contribution in [-0.4, -0.2) is 47.9 Å². The van der Waals surface area contributed by atoms with E-state index in [0.29, 0.717) is 38.4 Å². The third-order valence-corrected chi connectivity index (χ3v) is 5.88. The van der Waals surface area contributed by atoms with Crippen molar-refractivity contribution in [2.45, 2.75) is 32.0 Å². The fourth-order valence-electron chi connectivity index (χ4n) is 3.40. The highest BCUT2D eigenvalue weighted by Crippen LogP contribution is 2.29. The van der Waals surface area contributed by atoms with Crippen LogP contribution in [0.15, 0.2) is 35.8 Å². The van der Waals surface area contributed by atoms with Crippen molar-refractivity contribution in [2.75, 3.05) is 31.1 Å². The summed E-state index contributed by atoms with van der Waals surface area (Å²) < 4.78 is 38.2. The summed E-state index contributed by atoms with van der Waals surface area (Å²) in [6.07, 6.45) is -2.74. The van der Waals surface area contributed by atoms with E-state index < -0.39 is 11.7 Å². The van der Waals surface area contributed by atoms with Gasteiger partial charge in [0.2, 0.25) is 11.8 Å². The molecule has 3 heterocycles. The maximum Gasteiger partial charge on any atom is 0.417 e. The number of nitrogens with zero attached hydrogens (tertiary/aromatic N) is 3. The van der Waals surface area contributed by atoms with Gasteiger partial charge in [0.25, 0.3) is 0 Å². The van der Waals surface area contributed by atoms with E-state index in [1.807, 2.05) is 22.4 Å². The molecule has 10 heteroatoms. The number of anilines is 1. The van der Waals surface area contributed by atoms with E-state index in [1.54, 1.807) is 4.90 Å². The number of hydrogen-bond donors (Lipinski definition) is 1. The van der Waals surface area contributed by atoms with Crippen LogP contribution in [0, 0.1) is 0 Å². The van der Waals surface area contributed by atoms with Crippen molar-refractivity contribution >= 4 is 29.0 Å². The number of carbonyl (C=O) groups is 2. The third-order valence-electron chi connectivity index (χ3n) is 4.89. The average molecular weight is 440 g/mol. The second kappa shape index (κ2) is 9.46. The highest BCUT2D eigenvalue weighted by molar-refractivity contribution is 7.10. The molecule has 6 nitrogen and oxygen atoms in total. The first-order valence-electron chi connectivity index (χ1n) is 9.60. The van der Waals surface area contributed by atoms with E-state index in [1.165, 1.54) is 24.3 Å². The summed E-state index contributed by atoms with van der Waals surface area (Å²) >= 11 is 1.48. The molecule has 2 amide bonds. The molecule has 1 atom stereocenters. The number of halogens is 3. The molecule has 162 valence electrons. The first-order chi connectivity index (χ1) is 14.2. The number of carbonyl (C=O) groups excluding carboxylic acids is 2. The minimum atomic E-state index is -4.42. The minimum absolute atomic E-state index is 0.0654. The first kappa shape index (κ1) is 22.1. The molecule has 1 aliphatic rings. The summed E-state index contributed by atoms with van der Waals surface area (Å²) in [7, 11) is 0. The molecule has 0 spiro atoms. The lowest BCUT2D eigenvalue weighted by Crippen LogP contribution is -2.38. The standard InChI is InChI=1S/C20H23F3N4O2S/c1-14(28)25-16(17-4-2-11-30-17)12-19(29)27-8-3-7-26(9-10-27)18-6-5-15(13-24-18)20(21,22)23/h2,4-6,11,13,16H,3,7-10,12H2,1H3,(H,25,28). The molecule has 0 aromatic carbocycles. The van der Waals surface area contributed by atoms with Crippen LogP contribution in [0.25, 0.3) is 0 Å². The number of thiophene rings is 1. The number of rotatable bonds is 5. The van der Waals surface area contributed by atoms with E-state index >= 15 is 0 Å². The molecular weight excluding hydrogens is 417 g/mol. The normalized spacial score (nSPS) is 16.1. The van der Waals surface area contributed by atoms with Gasteiger partial charge in [-0.1, -0.05) is 6.07 Å². The molecule has 1 unspecified atom stereocenters. The predicted molar refractivity (Wildman–Crippen MR) is 108 cm³/mol.